The summed E-state index contributed by atoms with van der Waals surface area (Å²) >= 11 is 11.6. The number of hydrogen-bond donors (Lipinski definition) is 2. The number of hydrogen-bond acceptors (Lipinski definition) is 3. The van der Waals surface area contributed by atoms with Crippen molar-refractivity contribution in [2.45, 2.75) is 13.0 Å². The van der Waals surface area contributed by atoms with Gasteiger partial charge in [-0.1, -0.05) is 35.3 Å². The maximum Gasteiger partial charge on any atom is 0.279 e. The molecule has 0 radical (unpaired) electrons. The van der Waals surface area contributed by atoms with Crippen molar-refractivity contribution in [3.63, 3.8) is 0 Å². The molecular formula is C16H14Cl2N2O3. The third-order valence-electron chi connectivity index (χ3n) is 2.86. The van der Waals surface area contributed by atoms with Crippen LogP contribution in [0.3, 0.4) is 0 Å². The van der Waals surface area contributed by atoms with Crippen molar-refractivity contribution in [1.29, 1.82) is 0 Å². The minimum atomic E-state index is -0.812. The van der Waals surface area contributed by atoms with Crippen LogP contribution in [-0.4, -0.2) is 17.9 Å². The first-order chi connectivity index (χ1) is 11.0. The van der Waals surface area contributed by atoms with Crippen LogP contribution in [0, 0.1) is 0 Å². The number of nitrogens with one attached hydrogen (secondary N) is 2. The molecule has 0 aliphatic heterocycles. The van der Waals surface area contributed by atoms with E-state index in [0.29, 0.717) is 21.4 Å². The highest BCUT2D eigenvalue weighted by Gasteiger charge is 2.16. The third-order valence-corrected chi connectivity index (χ3v) is 3.33. The van der Waals surface area contributed by atoms with Crippen LogP contribution < -0.4 is 15.6 Å². The molecule has 0 aromatic heterocycles. The summed E-state index contributed by atoms with van der Waals surface area (Å²) in [5.41, 5.74) is 4.93. The summed E-state index contributed by atoms with van der Waals surface area (Å²) in [6.45, 7) is 1.56. The van der Waals surface area contributed by atoms with Crippen LogP contribution in [-0.2, 0) is 4.79 Å². The van der Waals surface area contributed by atoms with Crippen LogP contribution in [0.1, 0.15) is 17.3 Å². The molecule has 0 unspecified atom stereocenters. The van der Waals surface area contributed by atoms with E-state index in [-0.39, 0.29) is 0 Å². The summed E-state index contributed by atoms with van der Waals surface area (Å²) in [4.78, 5) is 23.8. The van der Waals surface area contributed by atoms with Crippen molar-refractivity contribution in [3.8, 4) is 5.75 Å². The highest BCUT2D eigenvalue weighted by Crippen LogP contribution is 2.18. The lowest BCUT2D eigenvalue weighted by Crippen LogP contribution is -2.47. The molecule has 2 aromatic carbocycles. The average molecular weight is 353 g/mol. The van der Waals surface area contributed by atoms with Gasteiger partial charge in [0.1, 0.15) is 5.75 Å². The molecule has 23 heavy (non-hydrogen) atoms. The van der Waals surface area contributed by atoms with Gasteiger partial charge in [0, 0.05) is 15.6 Å². The predicted octanol–water partition coefficient (Wildman–Crippen LogP) is 3.22. The number of halogens is 2. The highest BCUT2D eigenvalue weighted by molar-refractivity contribution is 6.31. The van der Waals surface area contributed by atoms with Crippen molar-refractivity contribution in [1.82, 2.24) is 10.9 Å². The summed E-state index contributed by atoms with van der Waals surface area (Å²) in [5, 5.41) is 0.936. The van der Waals surface area contributed by atoms with Crippen LogP contribution in [0.2, 0.25) is 10.0 Å². The maximum atomic E-state index is 11.9. The van der Waals surface area contributed by atoms with E-state index in [1.54, 1.807) is 49.4 Å². The first-order valence-electron chi connectivity index (χ1n) is 6.73. The molecular weight excluding hydrogens is 339 g/mol. The molecule has 0 saturated heterocycles. The largest absolute Gasteiger partial charge is 0.481 e. The van der Waals surface area contributed by atoms with Crippen molar-refractivity contribution in [2.75, 3.05) is 0 Å². The number of carbonyl (C=O) groups is 2. The molecule has 0 spiro atoms. The fraction of sp³-hybridized carbons (Fsp3) is 0.125. The Balaban J connectivity index is 1.87. The van der Waals surface area contributed by atoms with E-state index in [1.165, 1.54) is 6.07 Å². The number of ether oxygens (including phenoxy) is 1. The lowest BCUT2D eigenvalue weighted by Gasteiger charge is -2.15. The summed E-state index contributed by atoms with van der Waals surface area (Å²) in [6, 6.07) is 13.1. The van der Waals surface area contributed by atoms with E-state index in [2.05, 4.69) is 10.9 Å². The van der Waals surface area contributed by atoms with Crippen LogP contribution in [0.5, 0.6) is 5.75 Å². The zero-order chi connectivity index (χ0) is 16.8. The molecule has 2 N–H and O–H groups in total. The molecule has 0 fully saturated rings. The monoisotopic (exact) mass is 352 g/mol. The molecule has 0 bridgehead atoms. The normalized spacial score (nSPS) is 11.4. The Morgan fingerprint density at radius 3 is 2.30 bits per heavy atom. The first kappa shape index (κ1) is 17.1. The highest BCUT2D eigenvalue weighted by atomic mass is 35.5. The second-order valence-corrected chi connectivity index (χ2v) is 5.54. The van der Waals surface area contributed by atoms with Gasteiger partial charge in [-0.3, -0.25) is 20.4 Å². The molecule has 0 aliphatic rings. The Kier molecular flexibility index (Phi) is 5.84. The van der Waals surface area contributed by atoms with Gasteiger partial charge in [-0.05, 0) is 43.3 Å². The van der Waals surface area contributed by atoms with Gasteiger partial charge in [0.05, 0.1) is 0 Å². The van der Waals surface area contributed by atoms with Crippen molar-refractivity contribution in [3.05, 3.63) is 64.1 Å². The molecule has 0 aliphatic carbocycles. The molecule has 7 heteroatoms. The Labute approximate surface area is 143 Å². The van der Waals surface area contributed by atoms with Gasteiger partial charge in [-0.15, -0.1) is 0 Å². The topological polar surface area (TPSA) is 67.4 Å². The number of rotatable bonds is 4. The SMILES string of the molecule is C[C@H](Oc1cccc(Cl)c1)C(=O)NNC(=O)c1cccc(Cl)c1. The second kappa shape index (κ2) is 7.85. The zero-order valence-electron chi connectivity index (χ0n) is 12.2. The zero-order valence-corrected chi connectivity index (χ0v) is 13.7. The fourth-order valence-corrected chi connectivity index (χ4v) is 2.09. The van der Waals surface area contributed by atoms with Gasteiger partial charge in [-0.25, -0.2) is 0 Å². The van der Waals surface area contributed by atoms with Gasteiger partial charge in [0.2, 0.25) is 0 Å². The predicted molar refractivity (Wildman–Crippen MR) is 88.6 cm³/mol. The van der Waals surface area contributed by atoms with Crippen LogP contribution in [0.4, 0.5) is 0 Å². The first-order valence-corrected chi connectivity index (χ1v) is 7.49. The molecule has 2 rings (SSSR count). The lowest BCUT2D eigenvalue weighted by molar-refractivity contribution is -0.128. The van der Waals surface area contributed by atoms with Gasteiger partial charge in [0.15, 0.2) is 6.10 Å². The molecule has 2 aromatic rings. The van der Waals surface area contributed by atoms with Crippen LogP contribution in [0.25, 0.3) is 0 Å². The summed E-state index contributed by atoms with van der Waals surface area (Å²) in [7, 11) is 0. The van der Waals surface area contributed by atoms with E-state index in [9.17, 15) is 9.59 Å². The molecule has 5 nitrogen and oxygen atoms in total. The minimum Gasteiger partial charge on any atom is -0.481 e. The van der Waals surface area contributed by atoms with E-state index in [4.69, 9.17) is 27.9 Å². The van der Waals surface area contributed by atoms with Crippen molar-refractivity contribution < 1.29 is 14.3 Å². The molecule has 0 heterocycles. The smallest absolute Gasteiger partial charge is 0.279 e. The Morgan fingerprint density at radius 1 is 1.00 bits per heavy atom. The molecule has 2 amide bonds. The van der Waals surface area contributed by atoms with Crippen LogP contribution >= 0.6 is 23.2 Å². The standard InChI is InChI=1S/C16H14Cl2N2O3/c1-10(23-14-7-3-6-13(18)9-14)15(21)19-20-16(22)11-4-2-5-12(17)8-11/h2-10H,1H3,(H,19,21)(H,20,22)/t10-/m0/s1. The molecule has 120 valence electrons. The Bertz CT molecular complexity index is 722. The van der Waals surface area contributed by atoms with E-state index in [0.717, 1.165) is 0 Å². The molecule has 1 atom stereocenters. The Hall–Kier alpha value is -2.24. The number of amides is 2. The van der Waals surface area contributed by atoms with Crippen molar-refractivity contribution >= 4 is 35.0 Å². The van der Waals surface area contributed by atoms with E-state index < -0.39 is 17.9 Å². The Morgan fingerprint density at radius 2 is 1.65 bits per heavy atom. The lowest BCUT2D eigenvalue weighted by atomic mass is 10.2. The van der Waals surface area contributed by atoms with Gasteiger partial charge < -0.3 is 4.74 Å². The van der Waals surface area contributed by atoms with E-state index in [1.807, 2.05) is 0 Å². The van der Waals surface area contributed by atoms with Gasteiger partial charge in [-0.2, -0.15) is 0 Å². The summed E-state index contributed by atoms with van der Waals surface area (Å²) < 4.78 is 5.45. The third kappa shape index (κ3) is 5.16. The van der Waals surface area contributed by atoms with Gasteiger partial charge in [0.25, 0.3) is 11.8 Å². The van der Waals surface area contributed by atoms with Gasteiger partial charge >= 0.3 is 0 Å². The number of benzene rings is 2. The summed E-state index contributed by atoms with van der Waals surface area (Å²) in [5.74, 6) is -0.516. The number of carbonyl (C=O) groups excluding carboxylic acids is 2. The number of hydrazine groups is 1. The average Bonchev–Trinajstić information content (AvgIpc) is 2.52. The van der Waals surface area contributed by atoms with E-state index >= 15 is 0 Å². The van der Waals surface area contributed by atoms with Crippen LogP contribution in [0.15, 0.2) is 48.5 Å². The fourth-order valence-electron chi connectivity index (χ4n) is 1.72. The quantitative estimate of drug-likeness (QED) is 0.830. The minimum absolute atomic E-state index is 0.334. The summed E-state index contributed by atoms with van der Waals surface area (Å²) in [6.07, 6.45) is -0.812. The van der Waals surface area contributed by atoms with Crippen molar-refractivity contribution in [2.24, 2.45) is 0 Å². The second-order valence-electron chi connectivity index (χ2n) is 4.67. The molecule has 0 saturated carbocycles. The maximum absolute atomic E-state index is 11.9.